The van der Waals surface area contributed by atoms with Gasteiger partial charge in [0.25, 0.3) is 0 Å². The zero-order valence-electron chi connectivity index (χ0n) is 10.4. The Kier molecular flexibility index (Phi) is 3.42. The number of aryl methyl sites for hydroxylation is 2. The van der Waals surface area contributed by atoms with E-state index in [0.29, 0.717) is 0 Å². The van der Waals surface area contributed by atoms with Crippen molar-refractivity contribution in [3.05, 3.63) is 34.9 Å². The van der Waals surface area contributed by atoms with E-state index in [4.69, 9.17) is 11.6 Å². The number of rotatable bonds is 2. The SMILES string of the molecule is ClC(c1ccc2c(c1)CCCC2)C1CCCC1. The summed E-state index contributed by atoms with van der Waals surface area (Å²) in [5.41, 5.74) is 4.51. The molecule has 1 aromatic rings. The number of benzene rings is 1. The van der Waals surface area contributed by atoms with Crippen molar-refractivity contribution >= 4 is 11.6 Å². The van der Waals surface area contributed by atoms with E-state index in [1.165, 1.54) is 56.9 Å². The van der Waals surface area contributed by atoms with Crippen LogP contribution in [0.15, 0.2) is 18.2 Å². The lowest BCUT2D eigenvalue weighted by molar-refractivity contribution is 0.528. The lowest BCUT2D eigenvalue weighted by atomic mass is 9.88. The van der Waals surface area contributed by atoms with Gasteiger partial charge in [-0.25, -0.2) is 0 Å². The van der Waals surface area contributed by atoms with Crippen molar-refractivity contribution in [3.8, 4) is 0 Å². The van der Waals surface area contributed by atoms with Gasteiger partial charge in [0, 0.05) is 0 Å². The normalized spacial score (nSPS) is 22.4. The Bertz CT molecular complexity index is 391. The number of alkyl halides is 1. The highest BCUT2D eigenvalue weighted by molar-refractivity contribution is 6.21. The van der Waals surface area contributed by atoms with Crippen LogP contribution in [0, 0.1) is 5.92 Å². The summed E-state index contributed by atoms with van der Waals surface area (Å²) in [4.78, 5) is 0. The van der Waals surface area contributed by atoms with Crippen molar-refractivity contribution in [1.82, 2.24) is 0 Å². The van der Waals surface area contributed by atoms with E-state index in [9.17, 15) is 0 Å². The first kappa shape index (κ1) is 11.6. The highest BCUT2D eigenvalue weighted by atomic mass is 35.5. The third-order valence-electron chi connectivity index (χ3n) is 4.50. The molecule has 0 spiro atoms. The summed E-state index contributed by atoms with van der Waals surface area (Å²) in [5, 5.41) is 0.254. The van der Waals surface area contributed by atoms with Gasteiger partial charge in [-0.1, -0.05) is 31.0 Å². The number of hydrogen-bond acceptors (Lipinski definition) is 0. The van der Waals surface area contributed by atoms with E-state index in [0.717, 1.165) is 5.92 Å². The fourth-order valence-electron chi connectivity index (χ4n) is 3.45. The Labute approximate surface area is 109 Å². The average molecular weight is 249 g/mol. The Balaban J connectivity index is 1.82. The van der Waals surface area contributed by atoms with Crippen molar-refractivity contribution in [3.63, 3.8) is 0 Å². The van der Waals surface area contributed by atoms with Gasteiger partial charge in [0.15, 0.2) is 0 Å². The van der Waals surface area contributed by atoms with Gasteiger partial charge in [0.1, 0.15) is 0 Å². The standard InChI is InChI=1S/C16H21Cl/c17-16(13-6-2-3-7-13)15-10-9-12-5-1-4-8-14(12)11-15/h9-11,13,16H,1-8H2. The molecule has 0 N–H and O–H groups in total. The quantitative estimate of drug-likeness (QED) is 0.644. The number of hydrogen-bond donors (Lipinski definition) is 0. The van der Waals surface area contributed by atoms with Crippen molar-refractivity contribution in [1.29, 1.82) is 0 Å². The molecule has 0 aliphatic heterocycles. The fraction of sp³-hybridized carbons (Fsp3) is 0.625. The maximum absolute atomic E-state index is 6.65. The molecule has 0 nitrogen and oxygen atoms in total. The van der Waals surface area contributed by atoms with Gasteiger partial charge in [0.05, 0.1) is 5.38 Å². The molecule has 0 saturated heterocycles. The minimum Gasteiger partial charge on any atom is -0.118 e. The van der Waals surface area contributed by atoms with Crippen molar-refractivity contribution in [2.75, 3.05) is 0 Å². The van der Waals surface area contributed by atoms with Gasteiger partial charge >= 0.3 is 0 Å². The van der Waals surface area contributed by atoms with Crippen LogP contribution in [0.25, 0.3) is 0 Å². The summed E-state index contributed by atoms with van der Waals surface area (Å²) >= 11 is 6.65. The molecule has 1 unspecified atom stereocenters. The van der Waals surface area contributed by atoms with Crippen molar-refractivity contribution < 1.29 is 0 Å². The molecule has 92 valence electrons. The molecule has 2 aliphatic rings. The lowest BCUT2D eigenvalue weighted by Gasteiger charge is -2.21. The molecule has 1 saturated carbocycles. The summed E-state index contributed by atoms with van der Waals surface area (Å²) in [6, 6.07) is 7.00. The molecule has 2 aliphatic carbocycles. The van der Waals surface area contributed by atoms with Crippen LogP contribution >= 0.6 is 11.6 Å². The second-order valence-electron chi connectivity index (χ2n) is 5.68. The minimum absolute atomic E-state index is 0.254. The second kappa shape index (κ2) is 5.02. The monoisotopic (exact) mass is 248 g/mol. The zero-order valence-corrected chi connectivity index (χ0v) is 11.2. The van der Waals surface area contributed by atoms with Crippen LogP contribution in [0.3, 0.4) is 0 Å². The molecule has 0 aromatic heterocycles. The van der Waals surface area contributed by atoms with Gasteiger partial charge in [-0.3, -0.25) is 0 Å². The van der Waals surface area contributed by atoms with Gasteiger partial charge in [-0.15, -0.1) is 11.6 Å². The van der Waals surface area contributed by atoms with E-state index in [1.54, 1.807) is 11.1 Å². The van der Waals surface area contributed by atoms with E-state index < -0.39 is 0 Å². The Hall–Kier alpha value is -0.490. The molecular formula is C16H21Cl. The molecule has 1 atom stereocenters. The van der Waals surface area contributed by atoms with Crippen LogP contribution < -0.4 is 0 Å². The Morgan fingerprint density at radius 1 is 0.941 bits per heavy atom. The third kappa shape index (κ3) is 2.38. The molecule has 1 heteroatoms. The van der Waals surface area contributed by atoms with E-state index in [-0.39, 0.29) is 5.38 Å². The summed E-state index contributed by atoms with van der Waals surface area (Å²) in [7, 11) is 0. The maximum Gasteiger partial charge on any atom is 0.0613 e. The van der Waals surface area contributed by atoms with Gasteiger partial charge in [0.2, 0.25) is 0 Å². The zero-order chi connectivity index (χ0) is 11.7. The summed E-state index contributed by atoms with van der Waals surface area (Å²) in [6.07, 6.45) is 10.6. The summed E-state index contributed by atoms with van der Waals surface area (Å²) in [5.74, 6) is 0.721. The van der Waals surface area contributed by atoms with Gasteiger partial charge < -0.3 is 0 Å². The largest absolute Gasteiger partial charge is 0.118 e. The number of fused-ring (bicyclic) bond motifs is 1. The van der Waals surface area contributed by atoms with Crippen molar-refractivity contribution in [2.24, 2.45) is 5.92 Å². The van der Waals surface area contributed by atoms with Crippen LogP contribution in [0.1, 0.15) is 60.6 Å². The average Bonchev–Trinajstić information content (AvgIpc) is 2.91. The predicted octanol–water partition coefficient (Wildman–Crippen LogP) is 5.04. The van der Waals surface area contributed by atoms with E-state index in [2.05, 4.69) is 18.2 Å². The Morgan fingerprint density at radius 3 is 2.41 bits per heavy atom. The van der Waals surface area contributed by atoms with Crippen LogP contribution in [0.4, 0.5) is 0 Å². The molecule has 0 bridgehead atoms. The second-order valence-corrected chi connectivity index (χ2v) is 6.15. The lowest BCUT2D eigenvalue weighted by Crippen LogP contribution is -2.07. The van der Waals surface area contributed by atoms with Crippen LogP contribution in [-0.2, 0) is 12.8 Å². The summed E-state index contributed by atoms with van der Waals surface area (Å²) in [6.45, 7) is 0. The first-order chi connectivity index (χ1) is 8.34. The summed E-state index contributed by atoms with van der Waals surface area (Å²) < 4.78 is 0. The molecule has 0 heterocycles. The maximum atomic E-state index is 6.65. The van der Waals surface area contributed by atoms with Crippen LogP contribution in [0.2, 0.25) is 0 Å². The van der Waals surface area contributed by atoms with Gasteiger partial charge in [-0.05, 0) is 61.1 Å². The molecular weight excluding hydrogens is 228 g/mol. The smallest absolute Gasteiger partial charge is 0.0613 e. The Morgan fingerprint density at radius 2 is 1.65 bits per heavy atom. The highest BCUT2D eigenvalue weighted by Gasteiger charge is 2.25. The molecule has 17 heavy (non-hydrogen) atoms. The first-order valence-corrected chi connectivity index (χ1v) is 7.54. The van der Waals surface area contributed by atoms with Gasteiger partial charge in [-0.2, -0.15) is 0 Å². The molecule has 0 radical (unpaired) electrons. The molecule has 1 aromatic carbocycles. The van der Waals surface area contributed by atoms with E-state index >= 15 is 0 Å². The predicted molar refractivity (Wildman–Crippen MR) is 73.6 cm³/mol. The molecule has 0 amide bonds. The van der Waals surface area contributed by atoms with Crippen molar-refractivity contribution in [2.45, 2.75) is 56.7 Å². The van der Waals surface area contributed by atoms with Crippen LogP contribution in [-0.4, -0.2) is 0 Å². The minimum atomic E-state index is 0.254. The highest BCUT2D eigenvalue weighted by Crippen LogP contribution is 2.40. The first-order valence-electron chi connectivity index (χ1n) is 7.10. The topological polar surface area (TPSA) is 0 Å². The fourth-order valence-corrected chi connectivity index (χ4v) is 3.83. The number of halogens is 1. The molecule has 1 fully saturated rings. The molecule has 3 rings (SSSR count). The van der Waals surface area contributed by atoms with E-state index in [1.807, 2.05) is 0 Å². The third-order valence-corrected chi connectivity index (χ3v) is 5.11. The van der Waals surface area contributed by atoms with Crippen LogP contribution in [0.5, 0.6) is 0 Å².